The van der Waals surface area contributed by atoms with E-state index < -0.39 is 23.5 Å². The highest BCUT2D eigenvalue weighted by Crippen LogP contribution is 2.40. The van der Waals surface area contributed by atoms with Crippen molar-refractivity contribution in [2.45, 2.75) is 76.2 Å². The molecule has 5 saturated heterocycles. The number of hydrogen-bond donors (Lipinski definition) is 2. The quantitative estimate of drug-likeness (QED) is 0.202. The Hall–Kier alpha value is -5.73. The fourth-order valence-corrected chi connectivity index (χ4v) is 10.6. The number of carbonyl (C=O) groups excluding carboxylic acids is 4. The van der Waals surface area contributed by atoms with Gasteiger partial charge in [-0.3, -0.25) is 29.4 Å². The number of imide groups is 1. The highest BCUT2D eigenvalue weighted by Gasteiger charge is 2.40. The molecule has 6 aliphatic rings. The van der Waals surface area contributed by atoms with E-state index in [1.54, 1.807) is 11.0 Å². The molecule has 1 aromatic heterocycles. The van der Waals surface area contributed by atoms with Gasteiger partial charge in [0.2, 0.25) is 17.7 Å². The molecule has 17 heteroatoms. The maximum atomic E-state index is 13.5. The maximum absolute atomic E-state index is 13.5. The zero-order valence-corrected chi connectivity index (χ0v) is 36.0. The fourth-order valence-electron chi connectivity index (χ4n) is 10.6. The summed E-state index contributed by atoms with van der Waals surface area (Å²) < 4.78 is 40.5. The van der Waals surface area contributed by atoms with Crippen molar-refractivity contribution >= 4 is 52.2 Å². The van der Waals surface area contributed by atoms with Crippen LogP contribution in [0.25, 0.3) is 4.85 Å². The number of aromatic nitrogens is 1. The minimum absolute atomic E-state index is 0.138. The number of fused-ring (bicyclic) bond motifs is 1. The van der Waals surface area contributed by atoms with Crippen LogP contribution in [0.1, 0.15) is 72.9 Å². The number of pyridine rings is 1. The molecule has 1 unspecified atom stereocenters. The van der Waals surface area contributed by atoms with E-state index in [4.69, 9.17) is 6.57 Å². The van der Waals surface area contributed by atoms with Crippen LogP contribution < -0.4 is 25.3 Å². The topological polar surface area (TPSA) is 129 Å². The van der Waals surface area contributed by atoms with Crippen LogP contribution in [0.5, 0.6) is 0 Å². The molecular formula is C47H55F3N10O4. The molecule has 7 heterocycles. The Morgan fingerprint density at radius 1 is 0.781 bits per heavy atom. The number of rotatable bonds is 9. The molecule has 64 heavy (non-hydrogen) atoms. The fraction of sp³-hybridized carbons (Fsp3) is 0.532. The number of benzene rings is 2. The summed E-state index contributed by atoms with van der Waals surface area (Å²) in [7, 11) is 0. The van der Waals surface area contributed by atoms with Gasteiger partial charge in [-0.15, -0.1) is 0 Å². The van der Waals surface area contributed by atoms with Crippen LogP contribution in [-0.2, 0) is 27.1 Å². The summed E-state index contributed by atoms with van der Waals surface area (Å²) in [6, 6.07) is 13.6. The first-order valence-electron chi connectivity index (χ1n) is 22.7. The lowest BCUT2D eigenvalue weighted by Gasteiger charge is -2.44. The van der Waals surface area contributed by atoms with Crippen LogP contribution in [0.15, 0.2) is 54.7 Å². The Morgan fingerprint density at radius 2 is 1.42 bits per heavy atom. The highest BCUT2D eigenvalue weighted by atomic mass is 19.4. The molecule has 338 valence electrons. The molecule has 3 aromatic rings. The molecule has 0 saturated carbocycles. The number of amides is 4. The second-order valence-corrected chi connectivity index (χ2v) is 18.2. The first kappa shape index (κ1) is 43.5. The number of piperidine rings is 4. The summed E-state index contributed by atoms with van der Waals surface area (Å²) in [5, 5.41) is 5.32. The average molecular weight is 881 g/mol. The molecule has 9 rings (SSSR count). The summed E-state index contributed by atoms with van der Waals surface area (Å²) in [6.07, 6.45) is 3.25. The lowest BCUT2D eigenvalue weighted by molar-refractivity contribution is -0.138. The Labute approximate surface area is 371 Å². The lowest BCUT2D eigenvalue weighted by Crippen LogP contribution is -2.54. The average Bonchev–Trinajstić information content (AvgIpc) is 3.64. The number of nitrogens with zero attached hydrogens (tertiary/aromatic N) is 8. The Bertz CT molecular complexity index is 2270. The SMILES string of the molecule is [C-]#[N+]c1ccc(N2CCC(C(=O)Nc3ccc(N4CCC(CN5CCN(C6CCN(c7ccc8c(c7)CN(C7CCC(=O)NC7=O)C8=O)CC6)CC5)CC4)cn3)CC2)cc1C(F)(F)F. The zero-order valence-electron chi connectivity index (χ0n) is 36.0. The molecule has 14 nitrogen and oxygen atoms in total. The molecule has 6 aliphatic heterocycles. The van der Waals surface area contributed by atoms with Gasteiger partial charge < -0.3 is 29.8 Å². The van der Waals surface area contributed by atoms with Crippen molar-refractivity contribution in [3.63, 3.8) is 0 Å². The number of hydrogen-bond acceptors (Lipinski definition) is 10. The van der Waals surface area contributed by atoms with Gasteiger partial charge in [-0.2, -0.15) is 13.2 Å². The minimum Gasteiger partial charge on any atom is -0.372 e. The first-order chi connectivity index (χ1) is 30.9. The Balaban J connectivity index is 0.668. The summed E-state index contributed by atoms with van der Waals surface area (Å²) in [6.45, 7) is 17.6. The minimum atomic E-state index is -4.61. The standard InChI is InChI=1S/C47H55F3N10O4/c1-51-40-6-3-36(27-39(40)47(48,49)50)56-18-12-32(13-19-56)44(62)53-42-8-4-37(28-52-42)58-16-10-31(11-17-58)29-55-22-24-59(25-23-55)34-14-20-57(21-15-34)35-2-5-38-33(26-35)30-60(46(38)64)41-7-9-43(61)54-45(41)63/h2-6,8,26-28,31-32,34,41H,7,9-25,29-30H2,(H,52,53,62)(H,54,61,63). The van der Waals surface area contributed by atoms with E-state index in [2.05, 4.69) is 46.1 Å². The monoisotopic (exact) mass is 880 g/mol. The van der Waals surface area contributed by atoms with Crippen molar-refractivity contribution in [3.8, 4) is 0 Å². The van der Waals surface area contributed by atoms with Crippen molar-refractivity contribution in [2.75, 3.05) is 92.0 Å². The number of anilines is 4. The van der Waals surface area contributed by atoms with Crippen LogP contribution in [0.2, 0.25) is 0 Å². The van der Waals surface area contributed by atoms with E-state index in [1.165, 1.54) is 6.07 Å². The third kappa shape index (κ3) is 9.39. The van der Waals surface area contributed by atoms with Gasteiger partial charge in [0.1, 0.15) is 11.9 Å². The summed E-state index contributed by atoms with van der Waals surface area (Å²) in [5.74, 6) is -0.0841. The normalized spacial score (nSPS) is 22.4. The van der Waals surface area contributed by atoms with Crippen molar-refractivity contribution in [3.05, 3.63) is 82.8 Å². The van der Waals surface area contributed by atoms with Crippen molar-refractivity contribution in [1.82, 2.24) is 25.0 Å². The van der Waals surface area contributed by atoms with E-state index >= 15 is 0 Å². The largest absolute Gasteiger partial charge is 0.407 e. The maximum Gasteiger partial charge on any atom is 0.407 e. The first-order valence-corrected chi connectivity index (χ1v) is 22.7. The molecule has 4 amide bonds. The van der Waals surface area contributed by atoms with Gasteiger partial charge in [0.05, 0.1) is 24.0 Å². The van der Waals surface area contributed by atoms with Gasteiger partial charge in [0.15, 0.2) is 5.69 Å². The van der Waals surface area contributed by atoms with Gasteiger partial charge in [0, 0.05) is 114 Å². The second kappa shape index (κ2) is 18.4. The van der Waals surface area contributed by atoms with Gasteiger partial charge in [-0.25, -0.2) is 9.83 Å². The van der Waals surface area contributed by atoms with E-state index in [0.29, 0.717) is 67.9 Å². The van der Waals surface area contributed by atoms with Crippen molar-refractivity contribution in [1.29, 1.82) is 0 Å². The van der Waals surface area contributed by atoms with Crippen LogP contribution in [0.4, 0.5) is 41.7 Å². The number of alkyl halides is 3. The third-order valence-corrected chi connectivity index (χ3v) is 14.4. The summed E-state index contributed by atoms with van der Waals surface area (Å²) >= 11 is 0. The molecule has 0 radical (unpaired) electrons. The smallest absolute Gasteiger partial charge is 0.372 e. The van der Waals surface area contributed by atoms with Crippen molar-refractivity contribution in [2.24, 2.45) is 11.8 Å². The predicted octanol–water partition coefficient (Wildman–Crippen LogP) is 5.77. The predicted molar refractivity (Wildman–Crippen MR) is 236 cm³/mol. The van der Waals surface area contributed by atoms with E-state index in [1.807, 2.05) is 35.4 Å². The molecular weight excluding hydrogens is 826 g/mol. The molecule has 0 aliphatic carbocycles. The molecule has 1 atom stereocenters. The van der Waals surface area contributed by atoms with E-state index in [9.17, 15) is 32.3 Å². The Kier molecular flexibility index (Phi) is 12.5. The number of nitrogens with one attached hydrogen (secondary N) is 2. The molecule has 2 aromatic carbocycles. The van der Waals surface area contributed by atoms with Crippen molar-refractivity contribution < 1.29 is 32.3 Å². The number of piperazine rings is 1. The zero-order chi connectivity index (χ0) is 44.5. The lowest BCUT2D eigenvalue weighted by atomic mass is 9.95. The second-order valence-electron chi connectivity index (χ2n) is 18.2. The van der Waals surface area contributed by atoms with Crippen LogP contribution in [0.3, 0.4) is 0 Å². The molecule has 5 fully saturated rings. The highest BCUT2D eigenvalue weighted by molar-refractivity contribution is 6.05. The summed E-state index contributed by atoms with van der Waals surface area (Å²) in [5.41, 5.74) is 2.80. The van der Waals surface area contributed by atoms with Gasteiger partial charge in [-0.1, -0.05) is 6.07 Å². The van der Waals surface area contributed by atoms with Crippen LogP contribution >= 0.6 is 0 Å². The number of carbonyl (C=O) groups is 4. The van der Waals surface area contributed by atoms with E-state index in [0.717, 1.165) is 108 Å². The van der Waals surface area contributed by atoms with Gasteiger partial charge in [-0.05, 0) is 98.9 Å². The van der Waals surface area contributed by atoms with Gasteiger partial charge >= 0.3 is 6.18 Å². The third-order valence-electron chi connectivity index (χ3n) is 14.4. The Morgan fingerprint density at radius 3 is 2.08 bits per heavy atom. The van der Waals surface area contributed by atoms with E-state index in [-0.39, 0.29) is 36.0 Å². The molecule has 0 bridgehead atoms. The molecule has 0 spiro atoms. The molecule has 2 N–H and O–H groups in total. The van der Waals surface area contributed by atoms with Gasteiger partial charge in [0.25, 0.3) is 5.91 Å². The summed E-state index contributed by atoms with van der Waals surface area (Å²) in [4.78, 5) is 71.5. The van der Waals surface area contributed by atoms with Crippen LogP contribution in [-0.4, -0.2) is 127 Å². The number of halogens is 3. The van der Waals surface area contributed by atoms with Crippen LogP contribution in [0, 0.1) is 18.4 Å².